The van der Waals surface area contributed by atoms with Gasteiger partial charge in [0.15, 0.2) is 0 Å². The van der Waals surface area contributed by atoms with Crippen molar-refractivity contribution in [3.63, 3.8) is 0 Å². The number of para-hydroxylation sites is 1. The highest BCUT2D eigenvalue weighted by Gasteiger charge is 2.23. The number of hydrogen-bond donors (Lipinski definition) is 1. The summed E-state index contributed by atoms with van der Waals surface area (Å²) in [6.45, 7) is 1.38. The van der Waals surface area contributed by atoms with E-state index in [9.17, 15) is 9.18 Å². The van der Waals surface area contributed by atoms with Crippen LogP contribution in [0.5, 0.6) is 5.75 Å². The molecule has 1 aliphatic rings. The first-order chi connectivity index (χ1) is 12.1. The largest absolute Gasteiger partial charge is 0.490 e. The Kier molecular flexibility index (Phi) is 7.27. The number of piperidine rings is 1. The summed E-state index contributed by atoms with van der Waals surface area (Å²) in [6.07, 6.45) is 2.78. The van der Waals surface area contributed by atoms with E-state index in [0.717, 1.165) is 24.1 Å². The fraction of sp³-hybridized carbons (Fsp3) is 0.350. The number of ether oxygens (including phenoxy) is 1. The van der Waals surface area contributed by atoms with E-state index in [1.54, 1.807) is 12.1 Å². The van der Waals surface area contributed by atoms with Crippen LogP contribution in [-0.4, -0.2) is 30.0 Å². The van der Waals surface area contributed by atoms with Crippen molar-refractivity contribution < 1.29 is 13.9 Å². The van der Waals surface area contributed by atoms with Gasteiger partial charge in [0.1, 0.15) is 17.7 Å². The first-order valence-corrected chi connectivity index (χ1v) is 8.65. The summed E-state index contributed by atoms with van der Waals surface area (Å²) >= 11 is 0. The van der Waals surface area contributed by atoms with E-state index in [1.165, 1.54) is 12.1 Å². The molecule has 0 aromatic heterocycles. The number of nitrogens with zero attached hydrogens (tertiary/aromatic N) is 1. The van der Waals surface area contributed by atoms with Gasteiger partial charge in [0, 0.05) is 38.0 Å². The summed E-state index contributed by atoms with van der Waals surface area (Å²) in [6, 6.07) is 13.7. The second-order valence-electron chi connectivity index (χ2n) is 6.35. The highest BCUT2D eigenvalue weighted by Crippen LogP contribution is 2.20. The fourth-order valence-corrected chi connectivity index (χ4v) is 3.09. The van der Waals surface area contributed by atoms with Crippen molar-refractivity contribution in [2.75, 3.05) is 18.8 Å². The number of carbonyl (C=O) groups is 1. The highest BCUT2D eigenvalue weighted by atomic mass is 35.5. The van der Waals surface area contributed by atoms with Crippen LogP contribution in [0.25, 0.3) is 0 Å². The molecule has 0 radical (unpaired) electrons. The standard InChI is InChI=1S/C20H23FN2O2.ClH/c21-16-6-8-17(9-7-16)25-18-11-13-23(14-12-18)20(24)10-5-15-3-1-2-4-19(15)22;/h1-4,6-9,18H,5,10-14,22H2;1H. The van der Waals surface area contributed by atoms with Gasteiger partial charge in [-0.1, -0.05) is 18.2 Å². The van der Waals surface area contributed by atoms with Gasteiger partial charge < -0.3 is 15.4 Å². The number of aryl methyl sites for hydroxylation is 1. The number of nitrogens with two attached hydrogens (primary N) is 1. The average molecular weight is 379 g/mol. The van der Waals surface area contributed by atoms with E-state index in [-0.39, 0.29) is 30.2 Å². The van der Waals surface area contributed by atoms with Gasteiger partial charge >= 0.3 is 0 Å². The highest BCUT2D eigenvalue weighted by molar-refractivity contribution is 5.85. The lowest BCUT2D eigenvalue weighted by Crippen LogP contribution is -2.41. The predicted molar refractivity (Wildman–Crippen MR) is 103 cm³/mol. The molecule has 0 bridgehead atoms. The molecule has 0 atom stereocenters. The summed E-state index contributed by atoms with van der Waals surface area (Å²) in [5, 5.41) is 0. The number of likely N-dealkylation sites (tertiary alicyclic amines) is 1. The molecule has 2 aromatic carbocycles. The normalized spacial score (nSPS) is 14.6. The molecule has 0 aliphatic carbocycles. The Balaban J connectivity index is 0.00000243. The van der Waals surface area contributed by atoms with Gasteiger partial charge in [0.25, 0.3) is 0 Å². The van der Waals surface area contributed by atoms with E-state index in [4.69, 9.17) is 10.5 Å². The number of rotatable bonds is 5. The van der Waals surface area contributed by atoms with Crippen molar-refractivity contribution in [2.24, 2.45) is 0 Å². The SMILES string of the molecule is Cl.Nc1ccccc1CCC(=O)N1CCC(Oc2ccc(F)cc2)CC1. The van der Waals surface area contributed by atoms with Gasteiger partial charge in [-0.3, -0.25) is 4.79 Å². The van der Waals surface area contributed by atoms with Crippen molar-refractivity contribution in [3.05, 3.63) is 59.9 Å². The van der Waals surface area contributed by atoms with E-state index >= 15 is 0 Å². The van der Waals surface area contributed by atoms with Gasteiger partial charge in [0.05, 0.1) is 0 Å². The Morgan fingerprint density at radius 3 is 2.42 bits per heavy atom. The second kappa shape index (κ2) is 9.43. The van der Waals surface area contributed by atoms with Crippen molar-refractivity contribution in [2.45, 2.75) is 31.8 Å². The molecule has 1 saturated heterocycles. The molecule has 0 unspecified atom stereocenters. The van der Waals surface area contributed by atoms with Gasteiger partial charge in [-0.25, -0.2) is 4.39 Å². The Hall–Kier alpha value is -2.27. The van der Waals surface area contributed by atoms with Crippen molar-refractivity contribution >= 4 is 24.0 Å². The number of hydrogen-bond acceptors (Lipinski definition) is 3. The van der Waals surface area contributed by atoms with Crippen LogP contribution in [-0.2, 0) is 11.2 Å². The lowest BCUT2D eigenvalue weighted by Gasteiger charge is -2.32. The number of amides is 1. The van der Waals surface area contributed by atoms with Crippen LogP contribution in [0, 0.1) is 5.82 Å². The Morgan fingerprint density at radius 2 is 1.77 bits per heavy atom. The minimum atomic E-state index is -0.271. The molecule has 140 valence electrons. The molecule has 2 N–H and O–H groups in total. The van der Waals surface area contributed by atoms with E-state index in [0.29, 0.717) is 31.7 Å². The predicted octanol–water partition coefficient (Wildman–Crippen LogP) is 3.83. The topological polar surface area (TPSA) is 55.6 Å². The van der Waals surface area contributed by atoms with Gasteiger partial charge in [-0.2, -0.15) is 0 Å². The maximum atomic E-state index is 12.9. The minimum absolute atomic E-state index is 0. The molecule has 2 aromatic rings. The summed E-state index contributed by atoms with van der Waals surface area (Å²) in [5.41, 5.74) is 7.68. The summed E-state index contributed by atoms with van der Waals surface area (Å²) in [5.74, 6) is 0.557. The first kappa shape index (κ1) is 20.0. The van der Waals surface area contributed by atoms with Gasteiger partial charge in [0.2, 0.25) is 5.91 Å². The molecule has 1 heterocycles. The van der Waals surface area contributed by atoms with Crippen LogP contribution in [0.15, 0.2) is 48.5 Å². The Morgan fingerprint density at radius 1 is 1.12 bits per heavy atom. The maximum Gasteiger partial charge on any atom is 0.222 e. The van der Waals surface area contributed by atoms with Crippen molar-refractivity contribution in [1.29, 1.82) is 0 Å². The van der Waals surface area contributed by atoms with E-state index < -0.39 is 0 Å². The average Bonchev–Trinajstić information content (AvgIpc) is 2.63. The Bertz CT molecular complexity index is 716. The van der Waals surface area contributed by atoms with Gasteiger partial charge in [-0.05, 0) is 42.3 Å². The number of halogens is 2. The summed E-state index contributed by atoms with van der Waals surface area (Å²) < 4.78 is 18.8. The third-order valence-corrected chi connectivity index (χ3v) is 4.57. The van der Waals surface area contributed by atoms with Crippen LogP contribution in [0.2, 0.25) is 0 Å². The quantitative estimate of drug-likeness (QED) is 0.804. The molecule has 0 spiro atoms. The fourth-order valence-electron chi connectivity index (χ4n) is 3.09. The number of carbonyl (C=O) groups excluding carboxylic acids is 1. The molecule has 0 saturated carbocycles. The lowest BCUT2D eigenvalue weighted by atomic mass is 10.0. The molecule has 6 heteroatoms. The van der Waals surface area contributed by atoms with Crippen LogP contribution in [0.4, 0.5) is 10.1 Å². The first-order valence-electron chi connectivity index (χ1n) is 8.65. The van der Waals surface area contributed by atoms with Crippen LogP contribution < -0.4 is 10.5 Å². The molecular formula is C20H24ClFN2O2. The third kappa shape index (κ3) is 5.36. The summed E-state index contributed by atoms with van der Waals surface area (Å²) in [4.78, 5) is 14.3. The van der Waals surface area contributed by atoms with Gasteiger partial charge in [-0.15, -0.1) is 12.4 Å². The zero-order valence-corrected chi connectivity index (χ0v) is 15.4. The number of anilines is 1. The number of benzene rings is 2. The second-order valence-corrected chi connectivity index (χ2v) is 6.35. The Labute approximate surface area is 159 Å². The maximum absolute atomic E-state index is 12.9. The minimum Gasteiger partial charge on any atom is -0.490 e. The van der Waals surface area contributed by atoms with Crippen LogP contribution >= 0.6 is 12.4 Å². The molecule has 1 aliphatic heterocycles. The molecule has 1 amide bonds. The molecular weight excluding hydrogens is 355 g/mol. The van der Waals surface area contributed by atoms with E-state index in [2.05, 4.69) is 0 Å². The molecule has 3 rings (SSSR count). The monoisotopic (exact) mass is 378 g/mol. The lowest BCUT2D eigenvalue weighted by molar-refractivity contribution is -0.132. The molecule has 1 fully saturated rings. The summed E-state index contributed by atoms with van der Waals surface area (Å²) in [7, 11) is 0. The van der Waals surface area contributed by atoms with Crippen LogP contribution in [0.1, 0.15) is 24.8 Å². The zero-order chi connectivity index (χ0) is 17.6. The number of nitrogen functional groups attached to an aromatic ring is 1. The van der Waals surface area contributed by atoms with Crippen molar-refractivity contribution in [3.8, 4) is 5.75 Å². The van der Waals surface area contributed by atoms with Crippen LogP contribution in [0.3, 0.4) is 0 Å². The van der Waals surface area contributed by atoms with Crippen molar-refractivity contribution in [1.82, 2.24) is 4.90 Å². The molecule has 4 nitrogen and oxygen atoms in total. The van der Waals surface area contributed by atoms with E-state index in [1.807, 2.05) is 29.2 Å². The molecule has 26 heavy (non-hydrogen) atoms. The third-order valence-electron chi connectivity index (χ3n) is 4.57. The zero-order valence-electron chi connectivity index (χ0n) is 14.6. The smallest absolute Gasteiger partial charge is 0.222 e.